The van der Waals surface area contributed by atoms with Gasteiger partial charge in [0.05, 0.1) is 12.2 Å². The second-order valence-corrected chi connectivity index (χ2v) is 11.7. The van der Waals surface area contributed by atoms with Crippen molar-refractivity contribution < 1.29 is 34.4 Å². The number of ether oxygens (including phenoxy) is 2. The fourth-order valence-corrected chi connectivity index (χ4v) is 4.31. The van der Waals surface area contributed by atoms with E-state index in [0.717, 1.165) is 44.4 Å². The van der Waals surface area contributed by atoms with Crippen molar-refractivity contribution in [3.05, 3.63) is 36.5 Å². The van der Waals surface area contributed by atoms with Crippen molar-refractivity contribution in [3.8, 4) is 0 Å². The third-order valence-electron chi connectivity index (χ3n) is 7.01. The summed E-state index contributed by atoms with van der Waals surface area (Å²) in [5.41, 5.74) is 0. The quantitative estimate of drug-likeness (QED) is 0.0488. The van der Waals surface area contributed by atoms with Crippen LogP contribution in [0.15, 0.2) is 36.5 Å². The van der Waals surface area contributed by atoms with E-state index in [2.05, 4.69) is 45.1 Å². The topological polar surface area (TPSA) is 113 Å². The van der Waals surface area contributed by atoms with Gasteiger partial charge >= 0.3 is 11.9 Å². The van der Waals surface area contributed by atoms with Gasteiger partial charge in [-0.05, 0) is 57.3 Å². The highest BCUT2D eigenvalue weighted by Gasteiger charge is 2.16. The van der Waals surface area contributed by atoms with E-state index in [1.54, 1.807) is 0 Å². The molecule has 0 rings (SSSR count). The van der Waals surface area contributed by atoms with Gasteiger partial charge in [-0.3, -0.25) is 9.59 Å². The number of hydrogen-bond acceptors (Lipinski definition) is 7. The lowest BCUT2D eigenvalue weighted by atomic mass is 10.0. The molecular formula is C35H62O7. The molecule has 0 aliphatic heterocycles. The average molecular weight is 595 g/mol. The minimum absolute atomic E-state index is 0.0709. The minimum atomic E-state index is -1.07. The van der Waals surface area contributed by atoms with Gasteiger partial charge in [-0.15, -0.1) is 0 Å². The van der Waals surface area contributed by atoms with Crippen molar-refractivity contribution in [1.29, 1.82) is 0 Å². The van der Waals surface area contributed by atoms with E-state index in [1.807, 2.05) is 12.2 Å². The molecule has 0 amide bonds. The largest absolute Gasteiger partial charge is 0.463 e. The smallest absolute Gasteiger partial charge is 0.305 e. The Labute approximate surface area is 256 Å². The monoisotopic (exact) mass is 594 g/mol. The van der Waals surface area contributed by atoms with E-state index < -0.39 is 24.3 Å². The summed E-state index contributed by atoms with van der Waals surface area (Å²) in [7, 11) is 0. The van der Waals surface area contributed by atoms with Crippen LogP contribution in [0.4, 0.5) is 0 Å². The molecule has 0 aromatic carbocycles. The number of allylic oxidation sites excluding steroid dienone is 5. The SMILES string of the molecule is CCCCC/C=C\C/C=C\C/C=C\CC(O)C(O)CCCC(=O)OC[C@H](O)COC(=O)CCCCCCCCC(C)C. The number of esters is 2. The van der Waals surface area contributed by atoms with Gasteiger partial charge in [0.15, 0.2) is 0 Å². The molecule has 0 aromatic heterocycles. The molecule has 0 saturated heterocycles. The van der Waals surface area contributed by atoms with Crippen molar-refractivity contribution in [2.24, 2.45) is 5.92 Å². The molecule has 3 atom stereocenters. The van der Waals surface area contributed by atoms with Gasteiger partial charge in [0.25, 0.3) is 0 Å². The predicted octanol–water partition coefficient (Wildman–Crippen LogP) is 7.52. The number of aliphatic hydroxyl groups excluding tert-OH is 3. The zero-order chi connectivity index (χ0) is 31.3. The van der Waals surface area contributed by atoms with Crippen LogP contribution in [0.25, 0.3) is 0 Å². The number of hydrogen-bond donors (Lipinski definition) is 3. The maximum absolute atomic E-state index is 11.9. The molecule has 0 fully saturated rings. The second-order valence-electron chi connectivity index (χ2n) is 11.7. The van der Waals surface area contributed by atoms with Gasteiger partial charge < -0.3 is 24.8 Å². The first-order chi connectivity index (χ1) is 20.3. The predicted molar refractivity (Wildman–Crippen MR) is 171 cm³/mol. The Balaban J connectivity index is 3.77. The van der Waals surface area contributed by atoms with Crippen LogP contribution in [-0.4, -0.2) is 58.8 Å². The molecule has 7 heteroatoms. The third-order valence-corrected chi connectivity index (χ3v) is 7.01. The molecule has 0 bridgehead atoms. The summed E-state index contributed by atoms with van der Waals surface area (Å²) in [4.78, 5) is 23.8. The first-order valence-electron chi connectivity index (χ1n) is 16.6. The van der Waals surface area contributed by atoms with Gasteiger partial charge in [-0.25, -0.2) is 0 Å². The van der Waals surface area contributed by atoms with Crippen molar-refractivity contribution >= 4 is 11.9 Å². The molecule has 0 heterocycles. The van der Waals surface area contributed by atoms with Gasteiger partial charge in [0.1, 0.15) is 19.3 Å². The number of rotatable bonds is 28. The number of unbranched alkanes of at least 4 members (excludes halogenated alkanes) is 8. The fraction of sp³-hybridized carbons (Fsp3) is 0.771. The van der Waals surface area contributed by atoms with Crippen LogP contribution >= 0.6 is 0 Å². The number of carbonyl (C=O) groups excluding carboxylic acids is 2. The molecule has 42 heavy (non-hydrogen) atoms. The molecular weight excluding hydrogens is 532 g/mol. The van der Waals surface area contributed by atoms with E-state index in [4.69, 9.17) is 9.47 Å². The van der Waals surface area contributed by atoms with Crippen molar-refractivity contribution in [1.82, 2.24) is 0 Å². The van der Waals surface area contributed by atoms with E-state index in [9.17, 15) is 24.9 Å². The van der Waals surface area contributed by atoms with E-state index in [0.29, 0.717) is 19.3 Å². The summed E-state index contributed by atoms with van der Waals surface area (Å²) < 4.78 is 10.1. The van der Waals surface area contributed by atoms with Crippen LogP contribution in [0, 0.1) is 5.92 Å². The highest BCUT2D eigenvalue weighted by Crippen LogP contribution is 2.13. The summed E-state index contributed by atoms with van der Waals surface area (Å²) in [6.07, 6.45) is 25.4. The maximum Gasteiger partial charge on any atom is 0.305 e. The highest BCUT2D eigenvalue weighted by atomic mass is 16.6. The Hall–Kier alpha value is -1.96. The number of carbonyl (C=O) groups is 2. The molecule has 0 aromatic rings. The summed E-state index contributed by atoms with van der Waals surface area (Å²) in [6.45, 7) is 6.24. The van der Waals surface area contributed by atoms with Crippen LogP contribution in [0.5, 0.6) is 0 Å². The van der Waals surface area contributed by atoms with Gasteiger partial charge in [-0.2, -0.15) is 0 Å². The van der Waals surface area contributed by atoms with Crippen molar-refractivity contribution in [2.45, 2.75) is 155 Å². The molecule has 3 N–H and O–H groups in total. The van der Waals surface area contributed by atoms with Crippen LogP contribution in [0.1, 0.15) is 136 Å². The maximum atomic E-state index is 11.9. The summed E-state index contributed by atoms with van der Waals surface area (Å²) in [5, 5.41) is 30.2. The normalized spacial score (nSPS) is 14.3. The molecule has 0 saturated carbocycles. The third kappa shape index (κ3) is 28.2. The number of aliphatic hydroxyl groups is 3. The standard InChI is InChI=1S/C35H62O7/c1-4-5-6-7-8-9-10-11-12-13-17-20-24-32(37)33(38)25-22-27-35(40)42-29-31(36)28-41-34(39)26-21-18-15-14-16-19-23-30(2)3/h8-9,11-12,17,20,30-33,36-38H,4-7,10,13-16,18-19,21-29H2,1-3H3/b9-8-,12-11-,20-17-/t31-,32?,33?/m1/s1. The summed E-state index contributed by atoms with van der Waals surface area (Å²) >= 11 is 0. The summed E-state index contributed by atoms with van der Waals surface area (Å²) in [5.74, 6) is -0.0932. The molecule has 2 unspecified atom stereocenters. The Bertz CT molecular complexity index is 729. The lowest BCUT2D eigenvalue weighted by Crippen LogP contribution is -2.26. The first kappa shape index (κ1) is 40.0. The van der Waals surface area contributed by atoms with Crippen LogP contribution in [-0.2, 0) is 19.1 Å². The zero-order valence-corrected chi connectivity index (χ0v) is 26.9. The lowest BCUT2D eigenvalue weighted by molar-refractivity contribution is -0.152. The van der Waals surface area contributed by atoms with Crippen LogP contribution < -0.4 is 0 Å². The Morgan fingerprint density at radius 3 is 1.79 bits per heavy atom. The van der Waals surface area contributed by atoms with Gasteiger partial charge in [0.2, 0.25) is 0 Å². The van der Waals surface area contributed by atoms with E-state index >= 15 is 0 Å². The highest BCUT2D eigenvalue weighted by molar-refractivity contribution is 5.69. The van der Waals surface area contributed by atoms with Gasteiger partial charge in [0, 0.05) is 12.8 Å². The Morgan fingerprint density at radius 1 is 0.619 bits per heavy atom. The molecule has 7 nitrogen and oxygen atoms in total. The molecule has 0 aliphatic rings. The van der Waals surface area contributed by atoms with Crippen LogP contribution in [0.2, 0.25) is 0 Å². The molecule has 0 radical (unpaired) electrons. The average Bonchev–Trinajstić information content (AvgIpc) is 2.96. The Kier molecular flexibility index (Phi) is 27.8. The second kappa shape index (κ2) is 29.1. The van der Waals surface area contributed by atoms with Crippen LogP contribution in [0.3, 0.4) is 0 Å². The van der Waals surface area contributed by atoms with E-state index in [-0.39, 0.29) is 32.0 Å². The first-order valence-corrected chi connectivity index (χ1v) is 16.6. The fourth-order valence-electron chi connectivity index (χ4n) is 4.31. The minimum Gasteiger partial charge on any atom is -0.463 e. The lowest BCUT2D eigenvalue weighted by Gasteiger charge is -2.16. The zero-order valence-electron chi connectivity index (χ0n) is 26.9. The molecule has 0 spiro atoms. The molecule has 0 aliphatic carbocycles. The van der Waals surface area contributed by atoms with Gasteiger partial charge in [-0.1, -0.05) is 109 Å². The van der Waals surface area contributed by atoms with Crippen molar-refractivity contribution in [3.63, 3.8) is 0 Å². The van der Waals surface area contributed by atoms with E-state index in [1.165, 1.54) is 44.9 Å². The molecule has 244 valence electrons. The summed E-state index contributed by atoms with van der Waals surface area (Å²) in [6, 6.07) is 0. The Morgan fingerprint density at radius 2 is 1.17 bits per heavy atom. The van der Waals surface area contributed by atoms with Crippen molar-refractivity contribution in [2.75, 3.05) is 13.2 Å².